The number of nitrogens with one attached hydrogen (secondary N) is 2. The predicted molar refractivity (Wildman–Crippen MR) is 104 cm³/mol. The van der Waals surface area contributed by atoms with Crippen LogP contribution in [-0.4, -0.2) is 45.3 Å². The van der Waals surface area contributed by atoms with Gasteiger partial charge in [0.15, 0.2) is 13.2 Å². The number of quaternary nitrogens is 1. The highest BCUT2D eigenvalue weighted by molar-refractivity contribution is 7.71. The Hall–Kier alpha value is -2.06. The fourth-order valence-electron chi connectivity index (χ4n) is 2.68. The number of hydrogen-bond donors (Lipinski definition) is 2. The summed E-state index contributed by atoms with van der Waals surface area (Å²) in [4.78, 5) is 12.9. The smallest absolute Gasteiger partial charge is 0.275 e. The fraction of sp³-hybridized carbons (Fsp3) is 0.556. The summed E-state index contributed by atoms with van der Waals surface area (Å²) in [5, 5.41) is 11.2. The maximum Gasteiger partial charge on any atom is 0.275 e. The Labute approximate surface area is 160 Å². The van der Waals surface area contributed by atoms with Gasteiger partial charge in [0, 0.05) is 6.04 Å². The van der Waals surface area contributed by atoms with Crippen LogP contribution in [0.5, 0.6) is 0 Å². The van der Waals surface area contributed by atoms with Crippen LogP contribution in [0.3, 0.4) is 0 Å². The Morgan fingerprint density at radius 1 is 1.27 bits per heavy atom. The second-order valence-corrected chi connectivity index (χ2v) is 7.32. The molecule has 142 valence electrons. The lowest BCUT2D eigenvalue weighted by Crippen LogP contribution is -3.09. The van der Waals surface area contributed by atoms with Gasteiger partial charge in [-0.2, -0.15) is 9.36 Å². The van der Waals surface area contributed by atoms with E-state index in [4.69, 9.17) is 12.2 Å². The molecule has 7 nitrogen and oxygen atoms in total. The van der Waals surface area contributed by atoms with Crippen molar-refractivity contribution in [3.63, 3.8) is 0 Å². The second kappa shape index (κ2) is 9.59. The van der Waals surface area contributed by atoms with Crippen LogP contribution in [0.1, 0.15) is 39.2 Å². The van der Waals surface area contributed by atoms with Crippen molar-refractivity contribution in [2.24, 2.45) is 0 Å². The van der Waals surface area contributed by atoms with Crippen LogP contribution in [0.4, 0.5) is 0 Å². The minimum absolute atomic E-state index is 0.0130. The zero-order chi connectivity index (χ0) is 19.1. The second-order valence-electron chi connectivity index (χ2n) is 6.96. The molecule has 8 heteroatoms. The number of carbonyl (C=O) groups is 1. The molecule has 1 heterocycles. The van der Waals surface area contributed by atoms with Crippen molar-refractivity contribution in [1.82, 2.24) is 25.1 Å². The van der Waals surface area contributed by atoms with Gasteiger partial charge in [0.1, 0.15) is 0 Å². The van der Waals surface area contributed by atoms with E-state index in [1.807, 2.05) is 33.0 Å². The summed E-state index contributed by atoms with van der Waals surface area (Å²) in [6, 6.07) is 8.40. The molecule has 0 radical (unpaired) electrons. The van der Waals surface area contributed by atoms with Crippen molar-refractivity contribution in [1.29, 1.82) is 0 Å². The Morgan fingerprint density at radius 3 is 2.58 bits per heavy atom. The van der Waals surface area contributed by atoms with E-state index in [9.17, 15) is 4.79 Å². The Kier molecular flexibility index (Phi) is 7.47. The highest BCUT2D eigenvalue weighted by Gasteiger charge is 2.14. The number of rotatable bonds is 9. The van der Waals surface area contributed by atoms with Gasteiger partial charge in [-0.3, -0.25) is 4.79 Å². The average molecular weight is 378 g/mol. The molecule has 1 atom stereocenters. The zero-order valence-electron chi connectivity index (χ0n) is 16.0. The standard InChI is InChI=1S/C18H28N6OS/c1-5-6-7-15-8-10-16(11-9-15)24-18(26)23(20-21-24)13-22(4)12-17(25)19-14(2)3/h8-11,14H,5-7,12-13H2,1-4H3,(H,19,25)/p+1. The van der Waals surface area contributed by atoms with E-state index in [0.29, 0.717) is 18.0 Å². The van der Waals surface area contributed by atoms with Crippen LogP contribution in [0.25, 0.3) is 5.69 Å². The molecule has 2 N–H and O–H groups in total. The summed E-state index contributed by atoms with van der Waals surface area (Å²) in [5.41, 5.74) is 2.21. The van der Waals surface area contributed by atoms with Crippen molar-refractivity contribution in [3.05, 3.63) is 34.6 Å². The van der Waals surface area contributed by atoms with Gasteiger partial charge in [0.25, 0.3) is 5.91 Å². The fourth-order valence-corrected chi connectivity index (χ4v) is 2.92. The molecule has 0 saturated heterocycles. The molecular formula is C18H29N6OS+. The number of likely N-dealkylation sites (N-methyl/N-ethyl adjacent to an activating group) is 1. The Bertz CT molecular complexity index is 765. The first-order valence-electron chi connectivity index (χ1n) is 9.13. The van der Waals surface area contributed by atoms with Crippen molar-refractivity contribution in [2.75, 3.05) is 13.6 Å². The largest absolute Gasteiger partial charge is 0.349 e. The molecule has 1 unspecified atom stereocenters. The van der Waals surface area contributed by atoms with E-state index in [0.717, 1.165) is 17.0 Å². The molecule has 2 rings (SSSR count). The minimum Gasteiger partial charge on any atom is -0.349 e. The zero-order valence-corrected chi connectivity index (χ0v) is 16.8. The van der Waals surface area contributed by atoms with Crippen LogP contribution in [0, 0.1) is 4.77 Å². The number of unbranched alkanes of at least 4 members (excludes halogenated alkanes) is 1. The lowest BCUT2D eigenvalue weighted by molar-refractivity contribution is -0.895. The van der Waals surface area contributed by atoms with E-state index in [1.54, 1.807) is 9.36 Å². The highest BCUT2D eigenvalue weighted by atomic mass is 32.1. The van der Waals surface area contributed by atoms with Crippen molar-refractivity contribution < 1.29 is 9.69 Å². The predicted octanol–water partition coefficient (Wildman–Crippen LogP) is 1.14. The number of aryl methyl sites for hydroxylation is 1. The quantitative estimate of drug-likeness (QED) is 0.643. The third kappa shape index (κ3) is 5.74. The van der Waals surface area contributed by atoms with Crippen LogP contribution in [0.2, 0.25) is 0 Å². The molecular weight excluding hydrogens is 348 g/mol. The van der Waals surface area contributed by atoms with E-state index < -0.39 is 0 Å². The van der Waals surface area contributed by atoms with Gasteiger partial charge in [-0.1, -0.05) is 25.5 Å². The molecule has 1 amide bonds. The lowest BCUT2D eigenvalue weighted by Gasteiger charge is -2.14. The van der Waals surface area contributed by atoms with E-state index in [-0.39, 0.29) is 11.9 Å². The third-order valence-corrected chi connectivity index (χ3v) is 4.35. The molecule has 26 heavy (non-hydrogen) atoms. The first kappa shape index (κ1) is 20.3. The number of benzene rings is 1. The van der Waals surface area contributed by atoms with Gasteiger partial charge in [-0.15, -0.1) is 0 Å². The Balaban J connectivity index is 2.03. The van der Waals surface area contributed by atoms with Crippen LogP contribution in [0.15, 0.2) is 24.3 Å². The third-order valence-electron chi connectivity index (χ3n) is 3.97. The number of nitrogens with zero attached hydrogens (tertiary/aromatic N) is 4. The topological polar surface area (TPSA) is 69.2 Å². The van der Waals surface area contributed by atoms with Gasteiger partial charge < -0.3 is 10.2 Å². The monoisotopic (exact) mass is 377 g/mol. The van der Waals surface area contributed by atoms with Crippen LogP contribution >= 0.6 is 12.2 Å². The summed E-state index contributed by atoms with van der Waals surface area (Å²) < 4.78 is 3.83. The molecule has 0 fully saturated rings. The maximum atomic E-state index is 11.9. The molecule has 0 spiro atoms. The molecule has 0 bridgehead atoms. The van der Waals surface area contributed by atoms with Gasteiger partial charge >= 0.3 is 0 Å². The Morgan fingerprint density at radius 2 is 1.96 bits per heavy atom. The molecule has 0 aliphatic carbocycles. The molecule has 1 aromatic heterocycles. The minimum atomic E-state index is 0.0130. The first-order chi connectivity index (χ1) is 12.4. The number of aromatic nitrogens is 4. The van der Waals surface area contributed by atoms with Crippen molar-refractivity contribution >= 4 is 18.1 Å². The van der Waals surface area contributed by atoms with Gasteiger partial charge in [0.2, 0.25) is 4.77 Å². The molecule has 0 aliphatic heterocycles. The average Bonchev–Trinajstić information content (AvgIpc) is 2.93. The number of carbonyl (C=O) groups excluding carboxylic acids is 1. The number of amides is 1. The summed E-state index contributed by atoms with van der Waals surface area (Å²) in [6.45, 7) is 6.93. The van der Waals surface area contributed by atoms with Crippen molar-refractivity contribution in [2.45, 2.75) is 52.7 Å². The van der Waals surface area contributed by atoms with Crippen molar-refractivity contribution in [3.8, 4) is 5.69 Å². The van der Waals surface area contributed by atoms with E-state index >= 15 is 0 Å². The van der Waals surface area contributed by atoms with Gasteiger partial charge in [-0.05, 0) is 67.0 Å². The lowest BCUT2D eigenvalue weighted by atomic mass is 10.1. The molecule has 1 aromatic carbocycles. The number of tetrazole rings is 1. The van der Waals surface area contributed by atoms with Gasteiger partial charge in [-0.25, -0.2) is 0 Å². The van der Waals surface area contributed by atoms with Crippen LogP contribution < -0.4 is 10.2 Å². The summed E-state index contributed by atoms with van der Waals surface area (Å²) >= 11 is 5.50. The SMILES string of the molecule is CCCCc1ccc(-n2nnn(C[NH+](C)CC(=O)NC(C)C)c2=S)cc1. The van der Waals surface area contributed by atoms with E-state index in [1.165, 1.54) is 18.4 Å². The maximum absolute atomic E-state index is 11.9. The molecule has 0 aliphatic rings. The van der Waals surface area contributed by atoms with E-state index in [2.05, 4.69) is 34.8 Å². The highest BCUT2D eigenvalue weighted by Crippen LogP contribution is 2.11. The van der Waals surface area contributed by atoms with Crippen LogP contribution in [-0.2, 0) is 17.9 Å². The first-order valence-corrected chi connectivity index (χ1v) is 9.54. The summed E-state index contributed by atoms with van der Waals surface area (Å²) in [5.74, 6) is 0.0130. The summed E-state index contributed by atoms with van der Waals surface area (Å²) in [6.07, 6.45) is 3.46. The number of hydrogen-bond acceptors (Lipinski definition) is 4. The molecule has 0 saturated carbocycles. The normalized spacial score (nSPS) is 12.3. The summed E-state index contributed by atoms with van der Waals surface area (Å²) in [7, 11) is 1.93. The van der Waals surface area contributed by atoms with Gasteiger partial charge in [0.05, 0.1) is 12.7 Å². The molecule has 2 aromatic rings.